The SMILES string of the molecule is CC1=CC(NC(N)=NC(=NC(C)C=Cc2ccccc2Cl)N2CCN(C)CC2)=NC(C)C1. The molecule has 0 amide bonds. The number of halogens is 1. The molecule has 2 aliphatic rings. The van der Waals surface area contributed by atoms with E-state index >= 15 is 0 Å². The molecule has 0 saturated carbocycles. The van der Waals surface area contributed by atoms with Crippen molar-refractivity contribution >= 4 is 35.4 Å². The summed E-state index contributed by atoms with van der Waals surface area (Å²) < 4.78 is 0. The van der Waals surface area contributed by atoms with Gasteiger partial charge in [0.25, 0.3) is 0 Å². The molecule has 0 aromatic heterocycles. The van der Waals surface area contributed by atoms with E-state index < -0.39 is 0 Å². The van der Waals surface area contributed by atoms with Crippen LogP contribution in [0.25, 0.3) is 6.08 Å². The molecule has 32 heavy (non-hydrogen) atoms. The number of guanidine groups is 2. The van der Waals surface area contributed by atoms with Crippen molar-refractivity contribution < 1.29 is 0 Å². The Labute approximate surface area is 196 Å². The summed E-state index contributed by atoms with van der Waals surface area (Å²) in [6, 6.07) is 7.90. The lowest BCUT2D eigenvalue weighted by Crippen LogP contribution is -2.48. The Morgan fingerprint density at radius 2 is 2.00 bits per heavy atom. The van der Waals surface area contributed by atoms with Crippen LogP contribution in [-0.2, 0) is 0 Å². The summed E-state index contributed by atoms with van der Waals surface area (Å²) in [7, 11) is 2.12. The zero-order valence-corrected chi connectivity index (χ0v) is 20.2. The van der Waals surface area contributed by atoms with Gasteiger partial charge < -0.3 is 20.9 Å². The number of dihydropyridines is 1. The van der Waals surface area contributed by atoms with Crippen molar-refractivity contribution in [2.75, 3.05) is 33.2 Å². The first-order valence-corrected chi connectivity index (χ1v) is 11.5. The Kier molecular flexibility index (Phi) is 8.47. The second kappa shape index (κ2) is 11.3. The molecule has 1 saturated heterocycles. The predicted octanol–water partition coefficient (Wildman–Crippen LogP) is 3.39. The lowest BCUT2D eigenvalue weighted by atomic mass is 10.1. The van der Waals surface area contributed by atoms with Crippen LogP contribution in [0.3, 0.4) is 0 Å². The molecule has 2 heterocycles. The molecule has 1 aromatic rings. The van der Waals surface area contributed by atoms with Crippen LogP contribution in [0.5, 0.6) is 0 Å². The Morgan fingerprint density at radius 1 is 1.28 bits per heavy atom. The topological polar surface area (TPSA) is 81.6 Å². The minimum absolute atomic E-state index is 0.0911. The van der Waals surface area contributed by atoms with Crippen molar-refractivity contribution in [2.45, 2.75) is 39.3 Å². The van der Waals surface area contributed by atoms with Crippen molar-refractivity contribution in [2.24, 2.45) is 20.7 Å². The number of hydrogen-bond donors (Lipinski definition) is 2. The third-order valence-corrected chi connectivity index (χ3v) is 5.75. The third kappa shape index (κ3) is 7.21. The minimum Gasteiger partial charge on any atom is -0.369 e. The molecular formula is C24H34ClN7. The van der Waals surface area contributed by atoms with Crippen LogP contribution in [0.4, 0.5) is 0 Å². The average Bonchev–Trinajstić information content (AvgIpc) is 2.72. The van der Waals surface area contributed by atoms with Gasteiger partial charge in [0.1, 0.15) is 5.84 Å². The first-order valence-electron chi connectivity index (χ1n) is 11.1. The molecule has 3 rings (SSSR count). The number of aliphatic imine (C=N–C) groups is 3. The van der Waals surface area contributed by atoms with Gasteiger partial charge in [-0.2, -0.15) is 4.99 Å². The molecule has 0 spiro atoms. The fourth-order valence-electron chi connectivity index (χ4n) is 3.68. The van der Waals surface area contributed by atoms with Crippen molar-refractivity contribution in [3.05, 3.63) is 52.6 Å². The quantitative estimate of drug-likeness (QED) is 0.540. The van der Waals surface area contributed by atoms with Gasteiger partial charge in [-0.1, -0.05) is 47.5 Å². The fraction of sp³-hybridized carbons (Fsp3) is 0.458. The van der Waals surface area contributed by atoms with Gasteiger partial charge in [-0.15, -0.1) is 0 Å². The summed E-state index contributed by atoms with van der Waals surface area (Å²) in [6.45, 7) is 9.84. The van der Waals surface area contributed by atoms with E-state index in [1.807, 2.05) is 49.4 Å². The fourth-order valence-corrected chi connectivity index (χ4v) is 3.88. The van der Waals surface area contributed by atoms with Gasteiger partial charge in [0.15, 0.2) is 0 Å². The van der Waals surface area contributed by atoms with Gasteiger partial charge in [0.05, 0.1) is 12.1 Å². The predicted molar refractivity (Wildman–Crippen MR) is 136 cm³/mol. The van der Waals surface area contributed by atoms with E-state index in [0.717, 1.165) is 49.0 Å². The standard InChI is InChI=1S/C24H34ClN7/c1-17-15-19(3)27-22(16-17)29-23(26)30-24(32-13-11-31(4)12-14-32)28-18(2)9-10-20-7-5-6-8-21(20)25/h5-10,16,18-19H,11-15H2,1-4H3,(H3,26,27,28,29,30). The summed E-state index contributed by atoms with van der Waals surface area (Å²) in [5.74, 6) is 1.67. The Balaban J connectivity index is 1.79. The zero-order valence-electron chi connectivity index (χ0n) is 19.4. The normalized spacial score (nSPS) is 22.0. The number of benzene rings is 1. The van der Waals surface area contributed by atoms with Gasteiger partial charge in [0.2, 0.25) is 11.9 Å². The number of rotatable bonds is 3. The molecule has 2 aliphatic heterocycles. The van der Waals surface area contributed by atoms with Crippen molar-refractivity contribution in [1.82, 2.24) is 15.1 Å². The van der Waals surface area contributed by atoms with Crippen LogP contribution >= 0.6 is 11.6 Å². The van der Waals surface area contributed by atoms with Gasteiger partial charge >= 0.3 is 0 Å². The van der Waals surface area contributed by atoms with Gasteiger partial charge in [-0.3, -0.25) is 4.99 Å². The van der Waals surface area contributed by atoms with Crippen LogP contribution < -0.4 is 11.1 Å². The molecule has 1 fully saturated rings. The van der Waals surface area contributed by atoms with Crippen LogP contribution in [-0.4, -0.2) is 72.9 Å². The van der Waals surface area contributed by atoms with Crippen LogP contribution in [0.15, 0.2) is 57.0 Å². The van der Waals surface area contributed by atoms with Crippen molar-refractivity contribution in [3.63, 3.8) is 0 Å². The monoisotopic (exact) mass is 455 g/mol. The largest absolute Gasteiger partial charge is 0.369 e. The van der Waals surface area contributed by atoms with Crippen LogP contribution in [0.2, 0.25) is 5.02 Å². The minimum atomic E-state index is -0.0911. The Morgan fingerprint density at radius 3 is 2.69 bits per heavy atom. The molecule has 172 valence electrons. The highest BCUT2D eigenvalue weighted by atomic mass is 35.5. The van der Waals surface area contributed by atoms with Gasteiger partial charge in [0, 0.05) is 31.2 Å². The summed E-state index contributed by atoms with van der Waals surface area (Å²) in [4.78, 5) is 18.6. The van der Waals surface area contributed by atoms with E-state index in [9.17, 15) is 0 Å². The number of likely N-dealkylation sites (N-methyl/N-ethyl adjacent to an activating group) is 1. The summed E-state index contributed by atoms with van der Waals surface area (Å²) >= 11 is 6.27. The number of piperazine rings is 1. The van der Waals surface area contributed by atoms with Gasteiger partial charge in [-0.05, 0) is 51.9 Å². The van der Waals surface area contributed by atoms with Crippen molar-refractivity contribution in [1.29, 1.82) is 0 Å². The maximum atomic E-state index is 6.27. The smallest absolute Gasteiger partial charge is 0.224 e. The van der Waals surface area contributed by atoms with E-state index in [1.54, 1.807) is 0 Å². The first kappa shape index (κ1) is 24.0. The van der Waals surface area contributed by atoms with E-state index in [2.05, 4.69) is 46.0 Å². The van der Waals surface area contributed by atoms with E-state index in [-0.39, 0.29) is 12.1 Å². The third-order valence-electron chi connectivity index (χ3n) is 5.40. The summed E-state index contributed by atoms with van der Waals surface area (Å²) in [6.07, 6.45) is 7.00. The maximum Gasteiger partial charge on any atom is 0.224 e. The lowest BCUT2D eigenvalue weighted by molar-refractivity contribution is 0.213. The second-order valence-electron chi connectivity index (χ2n) is 8.52. The highest BCUT2D eigenvalue weighted by Crippen LogP contribution is 2.17. The summed E-state index contributed by atoms with van der Waals surface area (Å²) in [5.41, 5.74) is 8.50. The molecule has 0 radical (unpaired) electrons. The van der Waals surface area contributed by atoms with E-state index in [1.165, 1.54) is 5.57 Å². The maximum absolute atomic E-state index is 6.27. The Bertz CT molecular complexity index is 939. The lowest BCUT2D eigenvalue weighted by Gasteiger charge is -2.33. The first-order chi connectivity index (χ1) is 15.3. The highest BCUT2D eigenvalue weighted by Gasteiger charge is 2.19. The molecule has 2 unspecified atom stereocenters. The summed E-state index contributed by atoms with van der Waals surface area (Å²) in [5, 5.41) is 3.86. The van der Waals surface area contributed by atoms with Crippen molar-refractivity contribution in [3.8, 4) is 0 Å². The number of amidine groups is 1. The Hall–Kier alpha value is -2.64. The molecule has 8 heteroatoms. The molecule has 0 bridgehead atoms. The van der Waals surface area contributed by atoms with Crippen LogP contribution in [0.1, 0.15) is 32.8 Å². The molecule has 7 nitrogen and oxygen atoms in total. The van der Waals surface area contributed by atoms with E-state index in [0.29, 0.717) is 11.9 Å². The number of nitrogens with one attached hydrogen (secondary N) is 1. The van der Waals surface area contributed by atoms with Gasteiger partial charge in [-0.25, -0.2) is 4.99 Å². The second-order valence-corrected chi connectivity index (χ2v) is 8.93. The number of nitrogens with zero attached hydrogens (tertiary/aromatic N) is 5. The molecule has 3 N–H and O–H groups in total. The average molecular weight is 456 g/mol. The molecule has 0 aliphatic carbocycles. The zero-order chi connectivity index (χ0) is 23.1. The highest BCUT2D eigenvalue weighted by molar-refractivity contribution is 6.32. The number of nitrogens with two attached hydrogens (primary N) is 1. The molecule has 2 atom stereocenters. The number of hydrogen-bond acceptors (Lipinski definition) is 3. The molecule has 1 aromatic carbocycles. The molecular weight excluding hydrogens is 422 g/mol. The van der Waals surface area contributed by atoms with Crippen LogP contribution in [0, 0.1) is 0 Å². The van der Waals surface area contributed by atoms with E-state index in [4.69, 9.17) is 22.3 Å².